The number of hydrogen-bond donors (Lipinski definition) is 1. The average Bonchev–Trinajstić information content (AvgIpc) is 1.84. The summed E-state index contributed by atoms with van der Waals surface area (Å²) in [5, 5.41) is 8.98. The molecule has 0 bridgehead atoms. The van der Waals surface area contributed by atoms with Gasteiger partial charge in [0.05, 0.1) is 6.10 Å². The van der Waals surface area contributed by atoms with Crippen molar-refractivity contribution in [1.29, 1.82) is 0 Å². The van der Waals surface area contributed by atoms with Crippen LogP contribution in [-0.4, -0.2) is 11.2 Å². The lowest BCUT2D eigenvalue weighted by molar-refractivity contribution is 0.137. The Morgan fingerprint density at radius 1 is 1.75 bits per heavy atom. The molecule has 0 unspecified atom stereocenters. The maximum Gasteiger partial charge on any atom is 0.0672 e. The summed E-state index contributed by atoms with van der Waals surface area (Å²) in [4.78, 5) is 0. The normalized spacial score (nSPS) is 16.8. The van der Waals surface area contributed by atoms with E-state index in [1.54, 1.807) is 0 Å². The minimum atomic E-state index is -0.319. The second-order valence-corrected chi connectivity index (χ2v) is 1.93. The van der Waals surface area contributed by atoms with Crippen LogP contribution >= 0.6 is 0 Å². The summed E-state index contributed by atoms with van der Waals surface area (Å²) < 4.78 is 0. The van der Waals surface area contributed by atoms with E-state index in [1.807, 2.05) is 13.8 Å². The van der Waals surface area contributed by atoms with Gasteiger partial charge in [0.2, 0.25) is 0 Å². The first kappa shape index (κ1) is 7.52. The van der Waals surface area contributed by atoms with E-state index in [2.05, 4.69) is 5.92 Å². The van der Waals surface area contributed by atoms with E-state index in [-0.39, 0.29) is 12.0 Å². The van der Waals surface area contributed by atoms with Crippen molar-refractivity contribution in [3.05, 3.63) is 0 Å². The van der Waals surface area contributed by atoms with Gasteiger partial charge in [-0.05, 0) is 13.3 Å². The molecule has 1 N–H and O–H groups in total. The van der Waals surface area contributed by atoms with Crippen LogP contribution in [-0.2, 0) is 0 Å². The summed E-state index contributed by atoms with van der Waals surface area (Å²) in [6, 6.07) is 0. The van der Waals surface area contributed by atoms with Gasteiger partial charge in [-0.2, -0.15) is 0 Å². The number of rotatable bonds is 2. The molecule has 0 fully saturated rings. The predicted molar refractivity (Wildman–Crippen MR) is 34.3 cm³/mol. The highest BCUT2D eigenvalue weighted by Gasteiger charge is 2.06. The van der Waals surface area contributed by atoms with Crippen LogP contribution in [0.3, 0.4) is 0 Å². The van der Waals surface area contributed by atoms with Crippen LogP contribution in [0, 0.1) is 18.3 Å². The van der Waals surface area contributed by atoms with Crippen LogP contribution in [0.1, 0.15) is 20.3 Å². The lowest BCUT2D eigenvalue weighted by Crippen LogP contribution is -2.13. The van der Waals surface area contributed by atoms with Gasteiger partial charge in [-0.15, -0.1) is 12.3 Å². The van der Waals surface area contributed by atoms with Crippen LogP contribution < -0.4 is 0 Å². The van der Waals surface area contributed by atoms with E-state index in [1.165, 1.54) is 0 Å². The molecule has 8 heavy (non-hydrogen) atoms. The van der Waals surface area contributed by atoms with Crippen LogP contribution in [0.25, 0.3) is 0 Å². The van der Waals surface area contributed by atoms with Crippen LogP contribution in [0.15, 0.2) is 0 Å². The Kier molecular flexibility index (Phi) is 3.30. The molecule has 0 aromatic carbocycles. The molecule has 1 heteroatoms. The number of aliphatic hydroxyl groups excluding tert-OH is 1. The van der Waals surface area contributed by atoms with Gasteiger partial charge in [0.25, 0.3) is 0 Å². The molecular weight excluding hydrogens is 100 g/mol. The predicted octanol–water partition coefficient (Wildman–Crippen LogP) is 1.03. The zero-order valence-electron chi connectivity index (χ0n) is 5.39. The van der Waals surface area contributed by atoms with Crippen LogP contribution in [0.4, 0.5) is 0 Å². The third-order valence-electron chi connectivity index (χ3n) is 1.26. The monoisotopic (exact) mass is 112 g/mol. The summed E-state index contributed by atoms with van der Waals surface area (Å²) >= 11 is 0. The minimum absolute atomic E-state index is 0.000000000000000444. The molecule has 0 aromatic rings. The van der Waals surface area contributed by atoms with Gasteiger partial charge < -0.3 is 5.11 Å². The fourth-order valence-corrected chi connectivity index (χ4v) is 0.465. The first-order chi connectivity index (χ1) is 3.72. The summed E-state index contributed by atoms with van der Waals surface area (Å²) in [5.74, 6) is 2.47. The summed E-state index contributed by atoms with van der Waals surface area (Å²) in [6.45, 7) is 3.76. The van der Waals surface area contributed by atoms with Crippen molar-refractivity contribution in [1.82, 2.24) is 0 Å². The number of terminal acetylenes is 1. The molecule has 0 saturated carbocycles. The molecule has 1 nitrogen and oxygen atoms in total. The maximum atomic E-state index is 8.98. The second kappa shape index (κ2) is 3.51. The highest BCUT2D eigenvalue weighted by molar-refractivity contribution is 4.93. The zero-order valence-corrected chi connectivity index (χ0v) is 5.39. The van der Waals surface area contributed by atoms with Gasteiger partial charge in [-0.3, -0.25) is 0 Å². The van der Waals surface area contributed by atoms with E-state index < -0.39 is 0 Å². The van der Waals surface area contributed by atoms with E-state index in [9.17, 15) is 0 Å². The smallest absolute Gasteiger partial charge is 0.0672 e. The third kappa shape index (κ3) is 1.99. The molecule has 0 radical (unpaired) electrons. The Balaban J connectivity index is 3.49. The summed E-state index contributed by atoms with van der Waals surface area (Å²) in [5.41, 5.74) is 0. The molecule has 0 spiro atoms. The fourth-order valence-electron chi connectivity index (χ4n) is 0.465. The summed E-state index contributed by atoms with van der Waals surface area (Å²) in [7, 11) is 0. The van der Waals surface area contributed by atoms with Crippen molar-refractivity contribution in [2.75, 3.05) is 0 Å². The van der Waals surface area contributed by atoms with E-state index in [0.29, 0.717) is 0 Å². The SMILES string of the molecule is C#C[C@H](C)[C@H](O)CC. The average molecular weight is 112 g/mol. The molecule has 0 amide bonds. The highest BCUT2D eigenvalue weighted by atomic mass is 16.3. The molecule has 0 aliphatic rings. The lowest BCUT2D eigenvalue weighted by atomic mass is 10.0. The van der Waals surface area contributed by atoms with Crippen LogP contribution in [0.2, 0.25) is 0 Å². The van der Waals surface area contributed by atoms with Crippen molar-refractivity contribution in [3.8, 4) is 12.3 Å². The van der Waals surface area contributed by atoms with Crippen molar-refractivity contribution in [2.45, 2.75) is 26.4 Å². The summed E-state index contributed by atoms with van der Waals surface area (Å²) in [6.07, 6.45) is 5.46. The second-order valence-electron chi connectivity index (χ2n) is 1.93. The van der Waals surface area contributed by atoms with Crippen molar-refractivity contribution in [2.24, 2.45) is 5.92 Å². The van der Waals surface area contributed by atoms with Gasteiger partial charge in [-0.25, -0.2) is 0 Å². The molecule has 2 atom stereocenters. The Bertz CT molecular complexity index is 91.1. The Morgan fingerprint density at radius 2 is 2.25 bits per heavy atom. The molecule has 0 aliphatic heterocycles. The quantitative estimate of drug-likeness (QED) is 0.529. The van der Waals surface area contributed by atoms with Crippen molar-refractivity contribution < 1.29 is 5.11 Å². The molecule has 0 aromatic heterocycles. The minimum Gasteiger partial charge on any atom is -0.392 e. The van der Waals surface area contributed by atoms with Gasteiger partial charge >= 0.3 is 0 Å². The third-order valence-corrected chi connectivity index (χ3v) is 1.26. The fraction of sp³-hybridized carbons (Fsp3) is 0.714. The first-order valence-corrected chi connectivity index (χ1v) is 2.86. The van der Waals surface area contributed by atoms with Gasteiger partial charge in [-0.1, -0.05) is 6.92 Å². The number of hydrogen-bond acceptors (Lipinski definition) is 1. The van der Waals surface area contributed by atoms with Crippen LogP contribution in [0.5, 0.6) is 0 Å². The topological polar surface area (TPSA) is 20.2 Å². The molecule has 0 rings (SSSR count). The highest BCUT2D eigenvalue weighted by Crippen LogP contribution is 2.03. The van der Waals surface area contributed by atoms with E-state index in [0.717, 1.165) is 6.42 Å². The standard InChI is InChI=1S/C7H12O/c1-4-6(3)7(8)5-2/h1,6-8H,5H2,2-3H3/t6-,7+/m0/s1. The molecular formula is C7H12O. The first-order valence-electron chi connectivity index (χ1n) is 2.86. The zero-order chi connectivity index (χ0) is 6.57. The molecule has 0 heterocycles. The Labute approximate surface area is 50.7 Å². The molecule has 0 aliphatic carbocycles. The maximum absolute atomic E-state index is 8.98. The van der Waals surface area contributed by atoms with Gasteiger partial charge in [0, 0.05) is 5.92 Å². The lowest BCUT2D eigenvalue weighted by Gasteiger charge is -2.08. The largest absolute Gasteiger partial charge is 0.392 e. The van der Waals surface area contributed by atoms with E-state index in [4.69, 9.17) is 11.5 Å². The van der Waals surface area contributed by atoms with Crippen molar-refractivity contribution >= 4 is 0 Å². The number of aliphatic hydroxyl groups is 1. The van der Waals surface area contributed by atoms with E-state index >= 15 is 0 Å². The van der Waals surface area contributed by atoms with Gasteiger partial charge in [0.15, 0.2) is 0 Å². The molecule has 0 saturated heterocycles. The Morgan fingerprint density at radius 3 is 2.38 bits per heavy atom. The van der Waals surface area contributed by atoms with Gasteiger partial charge in [0.1, 0.15) is 0 Å². The van der Waals surface area contributed by atoms with Crippen molar-refractivity contribution in [3.63, 3.8) is 0 Å². The molecule has 46 valence electrons. The Hall–Kier alpha value is -0.480.